The summed E-state index contributed by atoms with van der Waals surface area (Å²) in [4.78, 5) is 40.5. The van der Waals surface area contributed by atoms with E-state index in [0.29, 0.717) is 62.0 Å². The lowest BCUT2D eigenvalue weighted by molar-refractivity contribution is -0.133. The van der Waals surface area contributed by atoms with E-state index in [2.05, 4.69) is 0 Å². The van der Waals surface area contributed by atoms with Crippen molar-refractivity contribution in [1.29, 1.82) is 0 Å². The van der Waals surface area contributed by atoms with Crippen molar-refractivity contribution in [2.24, 2.45) is 0 Å². The van der Waals surface area contributed by atoms with Gasteiger partial charge in [-0.3, -0.25) is 9.59 Å². The van der Waals surface area contributed by atoms with Gasteiger partial charge in [-0.15, -0.1) is 0 Å². The van der Waals surface area contributed by atoms with Crippen molar-refractivity contribution in [3.05, 3.63) is 54.1 Å². The zero-order valence-corrected chi connectivity index (χ0v) is 19.5. The third kappa shape index (κ3) is 6.87. The Morgan fingerprint density at radius 3 is 2.12 bits per heavy atom. The highest BCUT2D eigenvalue weighted by atomic mass is 16.7. The topological polar surface area (TPSA) is 94.6 Å². The van der Waals surface area contributed by atoms with Crippen LogP contribution in [-0.4, -0.2) is 73.8 Å². The number of carbonyl (C=O) groups excluding carboxylic acids is 3. The van der Waals surface area contributed by atoms with Gasteiger partial charge >= 0.3 is 6.16 Å². The fourth-order valence-corrected chi connectivity index (χ4v) is 3.54. The second kappa shape index (κ2) is 12.5. The largest absolute Gasteiger partial charge is 0.513 e. The minimum atomic E-state index is -0.788. The summed E-state index contributed by atoms with van der Waals surface area (Å²) >= 11 is 0. The molecule has 2 amide bonds. The number of nitrogens with zero attached hydrogens (tertiary/aromatic N) is 2. The molecule has 2 aromatic carbocycles. The molecule has 0 saturated carbocycles. The van der Waals surface area contributed by atoms with Crippen molar-refractivity contribution < 1.29 is 33.3 Å². The van der Waals surface area contributed by atoms with Crippen LogP contribution in [0.4, 0.5) is 4.79 Å². The van der Waals surface area contributed by atoms with Gasteiger partial charge in [-0.2, -0.15) is 0 Å². The van der Waals surface area contributed by atoms with E-state index in [0.717, 1.165) is 0 Å². The van der Waals surface area contributed by atoms with Crippen molar-refractivity contribution >= 4 is 18.0 Å². The fraction of sp³-hybridized carbons (Fsp3) is 0.400. The van der Waals surface area contributed by atoms with Crippen molar-refractivity contribution in [2.45, 2.75) is 20.3 Å². The highest BCUT2D eigenvalue weighted by Gasteiger charge is 2.23. The number of hydrogen-bond donors (Lipinski definition) is 0. The molecular weight excluding hydrogens is 440 g/mol. The highest BCUT2D eigenvalue weighted by Crippen LogP contribution is 2.26. The maximum absolute atomic E-state index is 12.9. The Bertz CT molecular complexity index is 977. The summed E-state index contributed by atoms with van der Waals surface area (Å²) < 4.78 is 21.0. The number of carbonyl (C=O) groups is 3. The zero-order valence-electron chi connectivity index (χ0n) is 19.5. The average Bonchev–Trinajstić information content (AvgIpc) is 3.10. The molecule has 0 radical (unpaired) electrons. The lowest BCUT2D eigenvalue weighted by atomic mass is 10.2. The smallest absolute Gasteiger partial charge is 0.490 e. The van der Waals surface area contributed by atoms with Crippen molar-refractivity contribution in [3.63, 3.8) is 0 Å². The van der Waals surface area contributed by atoms with Gasteiger partial charge in [-0.25, -0.2) is 4.79 Å². The Morgan fingerprint density at radius 2 is 1.44 bits per heavy atom. The molecule has 2 aromatic rings. The third-order valence-corrected chi connectivity index (χ3v) is 5.20. The van der Waals surface area contributed by atoms with Crippen LogP contribution in [0.15, 0.2) is 48.5 Å². The molecule has 34 heavy (non-hydrogen) atoms. The summed E-state index contributed by atoms with van der Waals surface area (Å²) in [5.74, 6) is 1.15. The Hall–Kier alpha value is -3.75. The van der Waals surface area contributed by atoms with E-state index in [4.69, 9.17) is 18.9 Å². The number of ether oxygens (including phenoxy) is 4. The molecule has 9 heteroatoms. The minimum absolute atomic E-state index is 0.0973. The molecule has 0 atom stereocenters. The molecule has 1 aliphatic heterocycles. The van der Waals surface area contributed by atoms with Gasteiger partial charge in [0.2, 0.25) is 0 Å². The van der Waals surface area contributed by atoms with Gasteiger partial charge in [0.05, 0.1) is 13.2 Å². The Balaban J connectivity index is 1.52. The molecular formula is C25H30N2O7. The molecule has 1 saturated heterocycles. The van der Waals surface area contributed by atoms with Crippen LogP contribution in [0.2, 0.25) is 0 Å². The monoisotopic (exact) mass is 470 g/mol. The molecule has 1 fully saturated rings. The normalized spacial score (nSPS) is 13.6. The molecule has 1 aliphatic rings. The summed E-state index contributed by atoms with van der Waals surface area (Å²) in [6.45, 7) is 6.13. The van der Waals surface area contributed by atoms with Crippen LogP contribution in [0, 0.1) is 0 Å². The first-order chi connectivity index (χ1) is 16.5. The maximum atomic E-state index is 12.9. The number of amides is 2. The van der Waals surface area contributed by atoms with Gasteiger partial charge in [-0.05, 0) is 56.7 Å². The standard InChI is InChI=1S/C25H30N2O7/c1-3-31-21-8-5-6-9-22(21)33-18-23(28)26-14-7-15-27(17-16-26)24(29)19-10-12-20(13-11-19)34-25(30)32-4-2/h5-6,8-13H,3-4,7,14-18H2,1-2H3. The van der Waals surface area contributed by atoms with Gasteiger partial charge in [0.15, 0.2) is 18.1 Å². The quantitative estimate of drug-likeness (QED) is 0.431. The molecule has 0 unspecified atom stereocenters. The predicted molar refractivity (Wildman–Crippen MR) is 124 cm³/mol. The number of rotatable bonds is 8. The van der Waals surface area contributed by atoms with Gasteiger partial charge in [0, 0.05) is 31.7 Å². The Labute approximate surface area is 199 Å². The Morgan fingerprint density at radius 1 is 0.794 bits per heavy atom. The lowest BCUT2D eigenvalue weighted by Crippen LogP contribution is -2.39. The Kier molecular flexibility index (Phi) is 9.13. The van der Waals surface area contributed by atoms with Crippen LogP contribution in [0.1, 0.15) is 30.6 Å². The van der Waals surface area contributed by atoms with E-state index in [1.54, 1.807) is 53.1 Å². The number of benzene rings is 2. The van der Waals surface area contributed by atoms with Crippen LogP contribution in [0.5, 0.6) is 17.2 Å². The molecule has 0 bridgehead atoms. The van der Waals surface area contributed by atoms with E-state index < -0.39 is 6.16 Å². The van der Waals surface area contributed by atoms with Gasteiger partial charge in [0.1, 0.15) is 5.75 Å². The van der Waals surface area contributed by atoms with Gasteiger partial charge in [-0.1, -0.05) is 12.1 Å². The highest BCUT2D eigenvalue weighted by molar-refractivity contribution is 5.94. The predicted octanol–water partition coefficient (Wildman–Crippen LogP) is 3.37. The molecule has 0 aliphatic carbocycles. The van der Waals surface area contributed by atoms with E-state index in [-0.39, 0.29) is 25.0 Å². The molecule has 0 aromatic heterocycles. The maximum Gasteiger partial charge on any atom is 0.513 e. The molecule has 0 spiro atoms. The van der Waals surface area contributed by atoms with Crippen LogP contribution in [0.3, 0.4) is 0 Å². The summed E-state index contributed by atoms with van der Waals surface area (Å²) in [6.07, 6.45) is -0.124. The molecule has 182 valence electrons. The SMILES string of the molecule is CCOC(=O)Oc1ccc(C(=O)N2CCCN(C(=O)COc3ccccc3OCC)CC2)cc1. The molecule has 9 nitrogen and oxygen atoms in total. The first kappa shape index (κ1) is 24.9. The lowest BCUT2D eigenvalue weighted by Gasteiger charge is -2.22. The van der Waals surface area contributed by atoms with Crippen molar-refractivity contribution in [1.82, 2.24) is 9.80 Å². The summed E-state index contributed by atoms with van der Waals surface area (Å²) in [7, 11) is 0. The second-order valence-corrected chi connectivity index (χ2v) is 7.50. The first-order valence-electron chi connectivity index (χ1n) is 11.4. The van der Waals surface area contributed by atoms with Gasteiger partial charge in [0.25, 0.3) is 11.8 Å². The number of para-hydroxylation sites is 2. The number of hydrogen-bond acceptors (Lipinski definition) is 7. The average molecular weight is 471 g/mol. The van der Waals surface area contributed by atoms with E-state index in [1.807, 2.05) is 19.1 Å². The van der Waals surface area contributed by atoms with Crippen LogP contribution in [0.25, 0.3) is 0 Å². The van der Waals surface area contributed by atoms with Crippen LogP contribution >= 0.6 is 0 Å². The molecule has 1 heterocycles. The summed E-state index contributed by atoms with van der Waals surface area (Å²) in [5.41, 5.74) is 0.479. The molecule has 0 N–H and O–H groups in total. The summed E-state index contributed by atoms with van der Waals surface area (Å²) in [5, 5.41) is 0. The second-order valence-electron chi connectivity index (χ2n) is 7.50. The van der Waals surface area contributed by atoms with Gasteiger partial charge < -0.3 is 28.7 Å². The van der Waals surface area contributed by atoms with E-state index >= 15 is 0 Å². The van der Waals surface area contributed by atoms with E-state index in [9.17, 15) is 14.4 Å². The first-order valence-corrected chi connectivity index (χ1v) is 11.4. The zero-order chi connectivity index (χ0) is 24.3. The molecule has 3 rings (SSSR count). The van der Waals surface area contributed by atoms with E-state index in [1.165, 1.54) is 0 Å². The van der Waals surface area contributed by atoms with Crippen LogP contribution in [-0.2, 0) is 9.53 Å². The minimum Gasteiger partial charge on any atom is -0.490 e. The van der Waals surface area contributed by atoms with Crippen molar-refractivity contribution in [3.8, 4) is 17.2 Å². The summed E-state index contributed by atoms with van der Waals surface area (Å²) in [6, 6.07) is 13.6. The third-order valence-electron chi connectivity index (χ3n) is 5.20. The van der Waals surface area contributed by atoms with Crippen LogP contribution < -0.4 is 14.2 Å². The fourth-order valence-electron chi connectivity index (χ4n) is 3.54. The van der Waals surface area contributed by atoms with Crippen molar-refractivity contribution in [2.75, 3.05) is 46.0 Å².